The lowest BCUT2D eigenvalue weighted by molar-refractivity contribution is -0.117. The SMILES string of the molecule is O=C1CCCC1.OC[C@@H](O)[C@@H](O)CO.OC[C@@H](O)[C@@H](O)CO.OC[C@@H](O)[C@@H](O)CO.OC[C@@H](O)[C@@H](O)CO.OC[C@@H](O)[C@@H](O)CO.OC[C@@H](O)[C@@H](O)CO.OC[C@@H](O)[C@@H](O)CO. The van der Waals surface area contributed by atoms with Crippen LogP contribution in [0.3, 0.4) is 0 Å². The molecule has 384 valence electrons. The molecular formula is C33H78O29. The average molecular weight is 939 g/mol. The van der Waals surface area contributed by atoms with E-state index < -0.39 is 178 Å². The molecule has 1 rings (SSSR count). The number of rotatable bonds is 21. The molecule has 0 aromatic heterocycles. The Bertz CT molecular complexity index is 634. The van der Waals surface area contributed by atoms with Crippen molar-refractivity contribution in [3.05, 3.63) is 0 Å². The summed E-state index contributed by atoms with van der Waals surface area (Å²) in [7, 11) is 0. The van der Waals surface area contributed by atoms with Gasteiger partial charge in [0.2, 0.25) is 0 Å². The molecule has 62 heavy (non-hydrogen) atoms. The van der Waals surface area contributed by atoms with Crippen LogP contribution in [0, 0.1) is 0 Å². The first kappa shape index (κ1) is 74.9. The lowest BCUT2D eigenvalue weighted by atomic mass is 10.2. The summed E-state index contributed by atoms with van der Waals surface area (Å²) in [5.74, 6) is 0.454. The third kappa shape index (κ3) is 51.2. The van der Waals surface area contributed by atoms with E-state index in [-0.39, 0.29) is 0 Å². The molecule has 0 aromatic carbocycles. The van der Waals surface area contributed by atoms with Crippen LogP contribution in [0.15, 0.2) is 0 Å². The average Bonchev–Trinajstić information content (AvgIpc) is 3.81. The number of hydrogen-bond acceptors (Lipinski definition) is 29. The highest BCUT2D eigenvalue weighted by atomic mass is 16.4. The van der Waals surface area contributed by atoms with Gasteiger partial charge in [-0.2, -0.15) is 0 Å². The second kappa shape index (κ2) is 53.9. The smallest absolute Gasteiger partial charge is 0.132 e. The Morgan fingerprint density at radius 1 is 0.226 bits per heavy atom. The van der Waals surface area contributed by atoms with Crippen molar-refractivity contribution in [2.45, 2.75) is 111 Å². The predicted octanol–water partition coefficient (Wildman–Crippen LogP) is -15.0. The number of hydrogen-bond donors (Lipinski definition) is 28. The van der Waals surface area contributed by atoms with Crippen LogP contribution in [0.1, 0.15) is 25.7 Å². The predicted molar refractivity (Wildman–Crippen MR) is 207 cm³/mol. The van der Waals surface area contributed by atoms with Gasteiger partial charge in [0.15, 0.2) is 0 Å². The van der Waals surface area contributed by atoms with Crippen LogP contribution < -0.4 is 0 Å². The van der Waals surface area contributed by atoms with Gasteiger partial charge in [-0.15, -0.1) is 0 Å². The van der Waals surface area contributed by atoms with Crippen LogP contribution in [-0.4, -0.2) is 327 Å². The molecule has 1 aliphatic rings. The summed E-state index contributed by atoms with van der Waals surface area (Å²) in [6.07, 6.45) is -13.1. The molecule has 29 heteroatoms. The third-order valence-electron chi connectivity index (χ3n) is 6.89. The number of ketones is 1. The van der Waals surface area contributed by atoms with Crippen LogP contribution >= 0.6 is 0 Å². The monoisotopic (exact) mass is 938 g/mol. The van der Waals surface area contributed by atoms with Gasteiger partial charge in [-0.05, 0) is 12.8 Å². The topological polar surface area (TPSA) is 584 Å². The Labute approximate surface area is 357 Å². The molecule has 1 fully saturated rings. The van der Waals surface area contributed by atoms with Crippen molar-refractivity contribution in [1.82, 2.24) is 0 Å². The number of carbonyl (C=O) groups excluding carboxylic acids is 1. The van der Waals surface area contributed by atoms with Crippen molar-refractivity contribution in [3.63, 3.8) is 0 Å². The molecule has 28 N–H and O–H groups in total. The van der Waals surface area contributed by atoms with Crippen molar-refractivity contribution in [2.75, 3.05) is 92.5 Å². The molecule has 0 saturated heterocycles. The first-order valence-electron chi connectivity index (χ1n) is 18.5. The largest absolute Gasteiger partial charge is 0.394 e. The van der Waals surface area contributed by atoms with Gasteiger partial charge in [-0.3, -0.25) is 4.79 Å². The Hall–Kier alpha value is -1.45. The zero-order valence-electron chi connectivity index (χ0n) is 34.2. The van der Waals surface area contributed by atoms with Gasteiger partial charge in [0.25, 0.3) is 0 Å². The van der Waals surface area contributed by atoms with E-state index in [9.17, 15) is 4.79 Å². The normalized spacial score (nSPS) is 18.4. The Balaban J connectivity index is -0.000000112. The molecule has 14 atom stereocenters. The van der Waals surface area contributed by atoms with Gasteiger partial charge in [-0.1, -0.05) is 0 Å². The highest BCUT2D eigenvalue weighted by Gasteiger charge is 2.16. The van der Waals surface area contributed by atoms with Gasteiger partial charge < -0.3 is 143 Å². The summed E-state index contributed by atoms with van der Waals surface area (Å²) in [5, 5.41) is 232. The van der Waals surface area contributed by atoms with Crippen molar-refractivity contribution in [3.8, 4) is 0 Å². The molecule has 1 aliphatic carbocycles. The lowest BCUT2D eigenvalue weighted by Gasteiger charge is -2.10. The minimum absolute atomic E-state index is 0.454. The summed E-state index contributed by atoms with van der Waals surface area (Å²) < 4.78 is 0. The van der Waals surface area contributed by atoms with Crippen LogP contribution in [0.25, 0.3) is 0 Å². The molecular weight excluding hydrogens is 860 g/mol. The van der Waals surface area contributed by atoms with Gasteiger partial charge in [0, 0.05) is 12.8 Å². The lowest BCUT2D eigenvalue weighted by Crippen LogP contribution is -2.31. The van der Waals surface area contributed by atoms with Crippen LogP contribution in [0.5, 0.6) is 0 Å². The van der Waals surface area contributed by atoms with E-state index in [1.54, 1.807) is 0 Å². The summed E-state index contributed by atoms with van der Waals surface area (Å²) in [6.45, 7) is -7.36. The fourth-order valence-electron chi connectivity index (χ4n) is 2.47. The van der Waals surface area contributed by atoms with Crippen molar-refractivity contribution in [2.24, 2.45) is 0 Å². The second-order valence-electron chi connectivity index (χ2n) is 12.2. The van der Waals surface area contributed by atoms with Crippen LogP contribution in [0.4, 0.5) is 0 Å². The van der Waals surface area contributed by atoms with Gasteiger partial charge in [0.1, 0.15) is 91.2 Å². The van der Waals surface area contributed by atoms with E-state index in [1.165, 1.54) is 0 Å². The number of Topliss-reactive ketones (excluding diaryl/α,β-unsaturated/α-hetero) is 1. The molecule has 0 aromatic rings. The van der Waals surface area contributed by atoms with Crippen molar-refractivity contribution in [1.29, 1.82) is 0 Å². The van der Waals surface area contributed by atoms with E-state index in [0.717, 1.165) is 25.7 Å². The maximum absolute atomic E-state index is 10.2. The minimum atomic E-state index is -1.22. The van der Waals surface area contributed by atoms with E-state index in [0.29, 0.717) is 5.78 Å². The Kier molecular flexibility index (Phi) is 65.1. The summed E-state index contributed by atoms with van der Waals surface area (Å²) in [4.78, 5) is 10.2. The third-order valence-corrected chi connectivity index (χ3v) is 6.89. The Morgan fingerprint density at radius 3 is 0.339 bits per heavy atom. The molecule has 0 heterocycles. The van der Waals surface area contributed by atoms with E-state index in [2.05, 4.69) is 0 Å². The molecule has 0 aliphatic heterocycles. The summed E-state index contributed by atoms with van der Waals surface area (Å²) in [6, 6.07) is 0. The molecule has 0 unspecified atom stereocenters. The number of aliphatic hydroxyl groups excluding tert-OH is 28. The standard InChI is InChI=1S/C5H8O.7C4H10O4/c6-5-3-1-2-4-5;7*5-1-3(7)4(8)2-6/h1-4H2;7*3-8H,1-2H2/t;7*3-,4+. The van der Waals surface area contributed by atoms with E-state index in [1.807, 2.05) is 0 Å². The quantitative estimate of drug-likeness (QED) is 0.0508. The molecule has 0 amide bonds. The molecule has 1 saturated carbocycles. The number of carbonyl (C=O) groups is 1. The zero-order valence-corrected chi connectivity index (χ0v) is 34.2. The maximum atomic E-state index is 10.2. The highest BCUT2D eigenvalue weighted by Crippen LogP contribution is 2.11. The molecule has 0 bridgehead atoms. The second-order valence-corrected chi connectivity index (χ2v) is 12.2. The van der Waals surface area contributed by atoms with Gasteiger partial charge in [0.05, 0.1) is 92.5 Å². The fraction of sp³-hybridized carbons (Fsp3) is 0.970. The van der Waals surface area contributed by atoms with E-state index in [4.69, 9.17) is 143 Å². The van der Waals surface area contributed by atoms with Crippen molar-refractivity contribution >= 4 is 5.78 Å². The summed E-state index contributed by atoms with van der Waals surface area (Å²) in [5.41, 5.74) is 0. The first-order valence-corrected chi connectivity index (χ1v) is 18.5. The van der Waals surface area contributed by atoms with Gasteiger partial charge in [-0.25, -0.2) is 0 Å². The van der Waals surface area contributed by atoms with Crippen LogP contribution in [0.2, 0.25) is 0 Å². The van der Waals surface area contributed by atoms with E-state index >= 15 is 0 Å². The molecule has 29 nitrogen and oxygen atoms in total. The molecule has 0 radical (unpaired) electrons. The van der Waals surface area contributed by atoms with Crippen LogP contribution in [-0.2, 0) is 4.79 Å². The van der Waals surface area contributed by atoms with Gasteiger partial charge >= 0.3 is 0 Å². The molecule has 0 spiro atoms. The Morgan fingerprint density at radius 2 is 0.306 bits per heavy atom. The van der Waals surface area contributed by atoms with Crippen molar-refractivity contribution < 1.29 is 148 Å². The minimum Gasteiger partial charge on any atom is -0.394 e. The fourth-order valence-corrected chi connectivity index (χ4v) is 2.47. The zero-order chi connectivity index (χ0) is 50.4. The highest BCUT2D eigenvalue weighted by molar-refractivity contribution is 5.80. The number of aliphatic hydroxyl groups is 28. The maximum Gasteiger partial charge on any atom is 0.132 e. The first-order chi connectivity index (χ1) is 28.9. The summed E-state index contributed by atoms with van der Waals surface area (Å²) >= 11 is 0.